The second kappa shape index (κ2) is 15.9. The Bertz CT molecular complexity index is 2350. The van der Waals surface area contributed by atoms with E-state index in [9.17, 15) is 4.79 Å². The number of benzene rings is 3. The van der Waals surface area contributed by atoms with Gasteiger partial charge in [0.05, 0.1) is 30.0 Å². The van der Waals surface area contributed by atoms with Crippen molar-refractivity contribution in [2.24, 2.45) is 0 Å². The Morgan fingerprint density at radius 1 is 1.09 bits per heavy atom. The molecule has 292 valence electrons. The molecule has 1 saturated heterocycles. The lowest BCUT2D eigenvalue weighted by molar-refractivity contribution is -0.0365. The highest BCUT2D eigenvalue weighted by molar-refractivity contribution is 6.76. The molecule has 0 radical (unpaired) electrons. The average molecular weight is 773 g/mol. The van der Waals surface area contributed by atoms with E-state index in [1.807, 2.05) is 61.7 Å². The van der Waals surface area contributed by atoms with Crippen LogP contribution in [0.5, 0.6) is 5.75 Å². The van der Waals surface area contributed by atoms with E-state index in [-0.39, 0.29) is 43.3 Å². The minimum absolute atomic E-state index is 0.00417. The van der Waals surface area contributed by atoms with Crippen molar-refractivity contribution in [2.45, 2.75) is 117 Å². The molecule has 2 aromatic heterocycles. The number of aromatic nitrogens is 4. The predicted octanol–water partition coefficient (Wildman–Crippen LogP) is 10.1. The first-order chi connectivity index (χ1) is 28.2. The summed E-state index contributed by atoms with van der Waals surface area (Å²) in [5.74, 6) is -0.469. The van der Waals surface area contributed by atoms with Crippen molar-refractivity contribution < 1.29 is 35.0 Å². The number of carbonyl (C=O) groups excluding carboxylic acids is 1. The van der Waals surface area contributed by atoms with Gasteiger partial charge >= 0.3 is 6.09 Å². The van der Waals surface area contributed by atoms with Crippen LogP contribution in [0.4, 0.5) is 9.18 Å². The van der Waals surface area contributed by atoms with Crippen LogP contribution in [0.2, 0.25) is 25.7 Å². The first kappa shape index (κ1) is 32.7. The van der Waals surface area contributed by atoms with Gasteiger partial charge in [-0.3, -0.25) is 4.90 Å². The van der Waals surface area contributed by atoms with Crippen molar-refractivity contribution in [2.75, 3.05) is 13.2 Å². The highest BCUT2D eigenvalue weighted by atomic mass is 28.3. The summed E-state index contributed by atoms with van der Waals surface area (Å²) in [7, 11) is -1.40. The van der Waals surface area contributed by atoms with E-state index < -0.39 is 45.0 Å². The minimum atomic E-state index is -3.08. The minimum Gasteiger partial charge on any atom is -0.486 e. The lowest BCUT2D eigenvalue weighted by Gasteiger charge is -2.24. The topological polar surface area (TPSA) is 92.9 Å². The van der Waals surface area contributed by atoms with E-state index in [4.69, 9.17) is 35.9 Å². The van der Waals surface area contributed by atoms with Crippen LogP contribution in [0.15, 0.2) is 60.7 Å². The van der Waals surface area contributed by atoms with Crippen LogP contribution in [0, 0.1) is 5.82 Å². The standard InChI is InChI=1S/C43H54FN5O5Si/c1-8-30-23-38(53-27-29-14-10-9-11-15-29)34(44)24-33(30)31-17-18-32-36(22-31)49(39-16-12-13-19-52-39)46-40(32)41-45-35-25-47(42(50)54-43(2,3)4)26-37(35)48(41)28-51-20-21-55(5,6)7/h9-11,14-15,17-18,22-24,39H,8,12-13,16,19-21,25-28H2,1-7H3/i1D3,8D2. The SMILES string of the molecule is [2H]C([2H])([2H])C([2H])([2H])c1cc(OCc2ccccc2)c(F)cc1-c1ccc2c(-c3nc4c(n3COCC[Si](C)(C)C)CN(C(=O)OC(C)(C)C)C4)nn(C3CCCCO3)c2c1. The largest absolute Gasteiger partial charge is 0.486 e. The van der Waals surface area contributed by atoms with Crippen molar-refractivity contribution >= 4 is 25.1 Å². The van der Waals surface area contributed by atoms with Crippen LogP contribution in [-0.2, 0) is 47.0 Å². The number of ether oxygens (including phenoxy) is 4. The second-order valence-corrected chi connectivity index (χ2v) is 22.1. The maximum atomic E-state index is 16.0. The lowest BCUT2D eigenvalue weighted by atomic mass is 9.96. The van der Waals surface area contributed by atoms with Crippen LogP contribution in [0.3, 0.4) is 0 Å². The van der Waals surface area contributed by atoms with Gasteiger partial charge in [-0.1, -0.05) is 62.9 Å². The molecule has 1 amide bonds. The number of aryl methyl sites for hydroxylation is 1. The van der Waals surface area contributed by atoms with Gasteiger partial charge in [-0.25, -0.2) is 18.9 Å². The second-order valence-electron chi connectivity index (χ2n) is 16.5. The number of fused-ring (bicyclic) bond motifs is 2. The number of imidazole rings is 1. The summed E-state index contributed by atoms with van der Waals surface area (Å²) in [4.78, 5) is 19.9. The Morgan fingerprint density at radius 3 is 2.64 bits per heavy atom. The molecule has 0 aliphatic carbocycles. The molecular weight excluding hydrogens is 714 g/mol. The molecule has 0 N–H and O–H groups in total. The zero-order chi connectivity index (χ0) is 43.2. The van der Waals surface area contributed by atoms with Crippen LogP contribution < -0.4 is 4.74 Å². The van der Waals surface area contributed by atoms with Crippen LogP contribution in [0.25, 0.3) is 33.5 Å². The lowest BCUT2D eigenvalue weighted by Crippen LogP contribution is -2.34. The van der Waals surface area contributed by atoms with E-state index >= 15 is 4.39 Å². The smallest absolute Gasteiger partial charge is 0.410 e. The number of hydrogen-bond acceptors (Lipinski definition) is 7. The maximum Gasteiger partial charge on any atom is 0.410 e. The van der Waals surface area contributed by atoms with Crippen molar-refractivity contribution in [3.05, 3.63) is 89.0 Å². The molecule has 2 aliphatic rings. The van der Waals surface area contributed by atoms with Crippen molar-refractivity contribution in [3.63, 3.8) is 0 Å². The van der Waals surface area contributed by atoms with E-state index in [1.54, 1.807) is 21.7 Å². The summed E-state index contributed by atoms with van der Waals surface area (Å²) in [5.41, 5.74) is 3.02. The van der Waals surface area contributed by atoms with Crippen molar-refractivity contribution in [1.82, 2.24) is 24.2 Å². The quantitative estimate of drug-likeness (QED) is 0.0921. The molecule has 4 heterocycles. The Morgan fingerprint density at radius 2 is 1.91 bits per heavy atom. The summed E-state index contributed by atoms with van der Waals surface area (Å²) in [5, 5.41) is 5.85. The van der Waals surface area contributed by atoms with E-state index in [0.29, 0.717) is 53.3 Å². The highest BCUT2D eigenvalue weighted by Crippen LogP contribution is 2.39. The fourth-order valence-corrected chi connectivity index (χ4v) is 7.67. The molecule has 2 aliphatic heterocycles. The van der Waals surface area contributed by atoms with E-state index in [0.717, 1.165) is 42.3 Å². The van der Waals surface area contributed by atoms with Crippen LogP contribution in [-0.4, -0.2) is 57.2 Å². The zero-order valence-corrected chi connectivity index (χ0v) is 33.6. The molecule has 5 aromatic rings. The highest BCUT2D eigenvalue weighted by Gasteiger charge is 2.34. The third-order valence-corrected chi connectivity index (χ3v) is 11.5. The number of halogens is 1. The Kier molecular flexibility index (Phi) is 9.46. The van der Waals surface area contributed by atoms with Crippen LogP contribution in [0.1, 0.15) is 82.5 Å². The molecule has 3 aromatic carbocycles. The molecule has 0 spiro atoms. The van der Waals surface area contributed by atoms with E-state index in [2.05, 4.69) is 19.6 Å². The van der Waals surface area contributed by atoms with Gasteiger partial charge in [0.1, 0.15) is 24.6 Å². The van der Waals surface area contributed by atoms with E-state index in [1.165, 1.54) is 0 Å². The normalized spacial score (nSPS) is 18.0. The summed E-state index contributed by atoms with van der Waals surface area (Å²) < 4.78 is 86.0. The zero-order valence-electron chi connectivity index (χ0n) is 37.6. The Labute approximate surface area is 331 Å². The molecule has 1 unspecified atom stereocenters. The van der Waals surface area contributed by atoms with Gasteiger partial charge in [0.15, 0.2) is 23.6 Å². The molecular formula is C43H54FN5O5Si. The summed E-state index contributed by atoms with van der Waals surface area (Å²) in [6.45, 7) is 11.1. The van der Waals surface area contributed by atoms with Gasteiger partial charge in [0.2, 0.25) is 0 Å². The molecule has 10 nitrogen and oxygen atoms in total. The molecule has 0 bridgehead atoms. The fourth-order valence-electron chi connectivity index (χ4n) is 6.91. The third-order valence-electron chi connectivity index (χ3n) is 9.81. The Hall–Kier alpha value is -4.52. The van der Waals surface area contributed by atoms with Crippen LogP contribution >= 0.6 is 0 Å². The first-order valence-electron chi connectivity index (χ1n) is 21.5. The third kappa shape index (κ3) is 8.82. The number of hydrogen-bond donors (Lipinski definition) is 0. The number of carbonyl (C=O) groups is 1. The fraction of sp³-hybridized carbons (Fsp3) is 0.465. The molecule has 12 heteroatoms. The molecule has 7 rings (SSSR count). The molecule has 1 fully saturated rings. The predicted molar refractivity (Wildman–Crippen MR) is 215 cm³/mol. The number of amides is 1. The number of rotatable bonds is 12. The Balaban J connectivity index is 1.34. The van der Waals surface area contributed by atoms with Gasteiger partial charge < -0.3 is 23.5 Å². The average Bonchev–Trinajstić information content (AvgIpc) is 3.86. The van der Waals surface area contributed by atoms with Gasteiger partial charge in [0, 0.05) is 33.5 Å². The maximum absolute atomic E-state index is 16.0. The van der Waals surface area contributed by atoms with Crippen molar-refractivity contribution in [3.8, 4) is 28.4 Å². The van der Waals surface area contributed by atoms with Gasteiger partial charge in [-0.05, 0) is 99.0 Å². The molecule has 1 atom stereocenters. The monoisotopic (exact) mass is 772 g/mol. The van der Waals surface area contributed by atoms with Crippen molar-refractivity contribution in [1.29, 1.82) is 0 Å². The molecule has 0 saturated carbocycles. The van der Waals surface area contributed by atoms with Gasteiger partial charge in [0.25, 0.3) is 0 Å². The van der Waals surface area contributed by atoms with Gasteiger partial charge in [-0.15, -0.1) is 0 Å². The first-order valence-corrected chi connectivity index (χ1v) is 22.7. The summed E-state index contributed by atoms with van der Waals surface area (Å²) in [6.07, 6.45) is -1.24. The summed E-state index contributed by atoms with van der Waals surface area (Å²) in [6, 6.07) is 17.7. The molecule has 55 heavy (non-hydrogen) atoms. The summed E-state index contributed by atoms with van der Waals surface area (Å²) >= 11 is 0. The van der Waals surface area contributed by atoms with Gasteiger partial charge in [-0.2, -0.15) is 5.10 Å². The number of nitrogens with zero attached hydrogens (tertiary/aromatic N) is 5.